The molecular formula is C23H17Cl2N2OS+. The van der Waals surface area contributed by atoms with E-state index in [2.05, 4.69) is 0 Å². The summed E-state index contributed by atoms with van der Waals surface area (Å²) in [5.41, 5.74) is 3.78. The van der Waals surface area contributed by atoms with Crippen molar-refractivity contribution in [2.45, 2.75) is 13.0 Å². The number of carbonyl (C=O) groups excluding carboxylic acids is 1. The molecule has 0 radical (unpaired) electrons. The van der Waals surface area contributed by atoms with E-state index in [-0.39, 0.29) is 12.3 Å². The van der Waals surface area contributed by atoms with Crippen LogP contribution in [0.1, 0.15) is 5.56 Å². The zero-order chi connectivity index (χ0) is 20.2. The van der Waals surface area contributed by atoms with Crippen LogP contribution in [-0.4, -0.2) is 10.8 Å². The van der Waals surface area contributed by atoms with Crippen molar-refractivity contribution in [3.63, 3.8) is 0 Å². The summed E-state index contributed by atoms with van der Waals surface area (Å²) in [7, 11) is 0. The van der Waals surface area contributed by atoms with Gasteiger partial charge in [0.25, 0.3) is 0 Å². The van der Waals surface area contributed by atoms with E-state index in [9.17, 15) is 4.79 Å². The van der Waals surface area contributed by atoms with Crippen LogP contribution in [0.4, 0.5) is 0 Å². The molecule has 0 aliphatic heterocycles. The zero-order valence-electron chi connectivity index (χ0n) is 15.4. The van der Waals surface area contributed by atoms with Crippen molar-refractivity contribution in [3.8, 4) is 22.0 Å². The Hall–Kier alpha value is -2.53. The van der Waals surface area contributed by atoms with Crippen molar-refractivity contribution in [3.05, 3.63) is 93.9 Å². The van der Waals surface area contributed by atoms with Gasteiger partial charge in [-0.05, 0) is 35.9 Å². The number of aromatic nitrogens is 2. The summed E-state index contributed by atoms with van der Waals surface area (Å²) in [5, 5.41) is 4.26. The molecule has 0 unspecified atom stereocenters. The summed E-state index contributed by atoms with van der Waals surface area (Å²) in [6.07, 6.45) is 2.28. The second-order valence-corrected chi connectivity index (χ2v) is 8.33. The Bertz CT molecular complexity index is 1140. The van der Waals surface area contributed by atoms with E-state index in [1.807, 2.05) is 70.7 Å². The summed E-state index contributed by atoms with van der Waals surface area (Å²) >= 11 is 13.5. The topological polar surface area (TPSA) is 33.8 Å². The lowest BCUT2D eigenvalue weighted by Gasteiger charge is -2.03. The third-order valence-corrected chi connectivity index (χ3v) is 5.83. The molecule has 0 fully saturated rings. The lowest BCUT2D eigenvalue weighted by atomic mass is 10.1. The molecule has 2 aromatic heterocycles. The van der Waals surface area contributed by atoms with Crippen LogP contribution >= 0.6 is 34.5 Å². The molecule has 0 saturated heterocycles. The van der Waals surface area contributed by atoms with Crippen LogP contribution in [0, 0.1) is 0 Å². The zero-order valence-corrected chi connectivity index (χ0v) is 17.7. The van der Waals surface area contributed by atoms with Gasteiger partial charge < -0.3 is 0 Å². The Kier molecular flexibility index (Phi) is 6.05. The monoisotopic (exact) mass is 439 g/mol. The number of thiazole rings is 1. The van der Waals surface area contributed by atoms with E-state index >= 15 is 0 Å². The number of hydrogen-bond donors (Lipinski definition) is 0. The Morgan fingerprint density at radius 2 is 1.62 bits per heavy atom. The maximum absolute atomic E-state index is 12.6. The van der Waals surface area contributed by atoms with Gasteiger partial charge in [0.1, 0.15) is 0 Å². The highest BCUT2D eigenvalue weighted by molar-refractivity contribution is 7.13. The number of rotatable bonds is 6. The smallest absolute Gasteiger partial charge is 0.241 e. The molecule has 0 aliphatic rings. The number of halogens is 2. The summed E-state index contributed by atoms with van der Waals surface area (Å²) in [5.74, 6) is 0.124. The molecule has 144 valence electrons. The normalized spacial score (nSPS) is 10.8. The van der Waals surface area contributed by atoms with Crippen LogP contribution in [0.2, 0.25) is 10.0 Å². The molecule has 0 amide bonds. The molecule has 0 atom stereocenters. The highest BCUT2D eigenvalue weighted by atomic mass is 35.5. The molecule has 0 aliphatic carbocycles. The SMILES string of the molecule is O=C(Cc1ccc(Cl)cc1)C[n+]1ccccc1-c1nc(-c2ccc(Cl)cc2)cs1. The molecule has 2 heterocycles. The highest BCUT2D eigenvalue weighted by Gasteiger charge is 2.19. The predicted molar refractivity (Wildman–Crippen MR) is 118 cm³/mol. The maximum Gasteiger partial charge on any atom is 0.241 e. The molecule has 4 rings (SSSR count). The maximum atomic E-state index is 12.6. The van der Waals surface area contributed by atoms with Gasteiger partial charge >= 0.3 is 0 Å². The Morgan fingerprint density at radius 1 is 0.931 bits per heavy atom. The van der Waals surface area contributed by atoms with Gasteiger partial charge in [0, 0.05) is 39.5 Å². The summed E-state index contributed by atoms with van der Waals surface area (Å²) in [4.78, 5) is 17.4. The average molecular weight is 440 g/mol. The van der Waals surface area contributed by atoms with Gasteiger partial charge in [-0.15, -0.1) is 11.3 Å². The second kappa shape index (κ2) is 8.87. The van der Waals surface area contributed by atoms with Crippen LogP contribution < -0.4 is 4.57 Å². The van der Waals surface area contributed by atoms with Crippen LogP contribution in [0.25, 0.3) is 22.0 Å². The minimum absolute atomic E-state index is 0.124. The van der Waals surface area contributed by atoms with E-state index in [0.717, 1.165) is 27.5 Å². The third-order valence-electron chi connectivity index (χ3n) is 4.47. The lowest BCUT2D eigenvalue weighted by molar-refractivity contribution is -0.673. The largest absolute Gasteiger partial charge is 0.292 e. The summed E-state index contributed by atoms with van der Waals surface area (Å²) < 4.78 is 1.95. The molecule has 6 heteroatoms. The Balaban J connectivity index is 1.54. The van der Waals surface area contributed by atoms with Gasteiger partial charge in [-0.2, -0.15) is 4.57 Å². The first-order valence-electron chi connectivity index (χ1n) is 9.05. The molecule has 4 aromatic rings. The average Bonchev–Trinajstić information content (AvgIpc) is 3.21. The number of ketones is 1. The first kappa shape index (κ1) is 19.8. The lowest BCUT2D eigenvalue weighted by Crippen LogP contribution is -2.40. The molecule has 0 saturated carbocycles. The highest BCUT2D eigenvalue weighted by Crippen LogP contribution is 2.28. The molecule has 0 spiro atoms. The van der Waals surface area contributed by atoms with E-state index in [1.54, 1.807) is 23.5 Å². The minimum Gasteiger partial charge on any atom is -0.292 e. The van der Waals surface area contributed by atoms with Crippen molar-refractivity contribution in [2.24, 2.45) is 0 Å². The number of carbonyl (C=O) groups is 1. The second-order valence-electron chi connectivity index (χ2n) is 6.60. The van der Waals surface area contributed by atoms with Crippen LogP contribution in [0.3, 0.4) is 0 Å². The fraction of sp³-hybridized carbons (Fsp3) is 0.0870. The quantitative estimate of drug-likeness (QED) is 0.351. The molecule has 0 N–H and O–H groups in total. The van der Waals surface area contributed by atoms with Crippen molar-refractivity contribution in [2.75, 3.05) is 0 Å². The summed E-state index contributed by atoms with van der Waals surface area (Å²) in [6, 6.07) is 20.9. The standard InChI is InChI=1S/C23H17Cl2N2OS/c24-18-8-4-16(5-9-18)13-20(28)14-27-12-2-1-3-22(27)23-26-21(15-29-23)17-6-10-19(25)11-7-17/h1-12,15H,13-14H2/q+1. The Morgan fingerprint density at radius 3 is 2.34 bits per heavy atom. The molecule has 2 aromatic carbocycles. The minimum atomic E-state index is 0.124. The summed E-state index contributed by atoms with van der Waals surface area (Å²) in [6.45, 7) is 0.286. The first-order valence-corrected chi connectivity index (χ1v) is 10.7. The molecule has 3 nitrogen and oxygen atoms in total. The van der Waals surface area contributed by atoms with Crippen LogP contribution in [0.15, 0.2) is 78.3 Å². The van der Waals surface area contributed by atoms with Crippen molar-refractivity contribution < 1.29 is 9.36 Å². The first-order chi connectivity index (χ1) is 14.1. The van der Waals surface area contributed by atoms with Gasteiger partial charge in [0.15, 0.2) is 11.2 Å². The van der Waals surface area contributed by atoms with E-state index in [0.29, 0.717) is 16.5 Å². The third kappa shape index (κ3) is 4.91. The van der Waals surface area contributed by atoms with Crippen LogP contribution in [0.5, 0.6) is 0 Å². The Labute approximate surface area is 183 Å². The number of pyridine rings is 1. The van der Waals surface area contributed by atoms with Gasteiger partial charge in [-0.1, -0.05) is 47.5 Å². The van der Waals surface area contributed by atoms with Gasteiger partial charge in [-0.3, -0.25) is 4.79 Å². The van der Waals surface area contributed by atoms with E-state index < -0.39 is 0 Å². The number of Topliss-reactive ketones (excluding diaryl/α,β-unsaturated/α-hetero) is 1. The van der Waals surface area contributed by atoms with Crippen molar-refractivity contribution in [1.82, 2.24) is 4.98 Å². The molecule has 29 heavy (non-hydrogen) atoms. The van der Waals surface area contributed by atoms with Gasteiger partial charge in [0.2, 0.25) is 18.0 Å². The van der Waals surface area contributed by atoms with Crippen molar-refractivity contribution >= 4 is 40.3 Å². The molecular weight excluding hydrogens is 423 g/mol. The van der Waals surface area contributed by atoms with Gasteiger partial charge in [0.05, 0.1) is 5.69 Å². The van der Waals surface area contributed by atoms with Crippen LogP contribution in [-0.2, 0) is 17.8 Å². The number of benzene rings is 2. The van der Waals surface area contributed by atoms with E-state index in [1.165, 1.54) is 0 Å². The number of nitrogens with zero attached hydrogens (tertiary/aromatic N) is 2. The van der Waals surface area contributed by atoms with Gasteiger partial charge in [-0.25, -0.2) is 4.98 Å². The van der Waals surface area contributed by atoms with Crippen molar-refractivity contribution in [1.29, 1.82) is 0 Å². The number of hydrogen-bond acceptors (Lipinski definition) is 3. The predicted octanol–water partition coefficient (Wildman–Crippen LogP) is 5.88. The fourth-order valence-corrected chi connectivity index (χ4v) is 4.15. The molecule has 0 bridgehead atoms. The van der Waals surface area contributed by atoms with E-state index in [4.69, 9.17) is 28.2 Å². The fourth-order valence-electron chi connectivity index (χ4n) is 3.03.